The minimum absolute atomic E-state index is 0.0678. The predicted octanol–water partition coefficient (Wildman–Crippen LogP) is 4.34. The molecule has 1 aliphatic rings. The standard InChI is InChI=1S/C22H23ClFN3O2S/c1-15-22(20-14-17(23)2-7-21(20)26-15)16-8-11-27(12-9-16)13-10-25-30(28,29)19-5-3-18(24)4-6-19/h2-8,14,25-26H,9-13H2,1H3. The van der Waals surface area contributed by atoms with E-state index in [0.29, 0.717) is 18.1 Å². The van der Waals surface area contributed by atoms with E-state index in [4.69, 9.17) is 11.6 Å². The van der Waals surface area contributed by atoms with Gasteiger partial charge in [-0.2, -0.15) is 0 Å². The van der Waals surface area contributed by atoms with Gasteiger partial charge in [-0.15, -0.1) is 0 Å². The van der Waals surface area contributed by atoms with Crippen LogP contribution in [0.15, 0.2) is 53.4 Å². The highest BCUT2D eigenvalue weighted by Gasteiger charge is 2.19. The first-order valence-corrected chi connectivity index (χ1v) is 11.6. The second kappa shape index (κ2) is 8.51. The van der Waals surface area contributed by atoms with Crippen LogP contribution in [0.3, 0.4) is 0 Å². The third kappa shape index (κ3) is 4.44. The maximum absolute atomic E-state index is 13.0. The average molecular weight is 448 g/mol. The Kier molecular flexibility index (Phi) is 5.97. The SMILES string of the molecule is Cc1[nH]c2ccc(Cl)cc2c1C1=CCN(CCNS(=O)(=O)c2ccc(F)cc2)CC1. The third-order valence-electron chi connectivity index (χ3n) is 5.41. The van der Waals surface area contributed by atoms with Gasteiger partial charge in [0.2, 0.25) is 10.0 Å². The Morgan fingerprint density at radius 2 is 1.97 bits per heavy atom. The van der Waals surface area contributed by atoms with Gasteiger partial charge in [-0.3, -0.25) is 4.90 Å². The molecule has 2 N–H and O–H groups in total. The van der Waals surface area contributed by atoms with Crippen LogP contribution in [0, 0.1) is 12.7 Å². The fraction of sp³-hybridized carbons (Fsp3) is 0.273. The van der Waals surface area contributed by atoms with Crippen LogP contribution >= 0.6 is 11.6 Å². The smallest absolute Gasteiger partial charge is 0.240 e. The normalized spacial score (nSPS) is 15.5. The van der Waals surface area contributed by atoms with Crippen molar-refractivity contribution < 1.29 is 12.8 Å². The van der Waals surface area contributed by atoms with E-state index in [-0.39, 0.29) is 4.90 Å². The minimum Gasteiger partial charge on any atom is -0.358 e. The molecule has 0 aliphatic carbocycles. The van der Waals surface area contributed by atoms with Crippen LogP contribution in [0.1, 0.15) is 17.7 Å². The number of aromatic amines is 1. The first-order chi connectivity index (χ1) is 14.3. The first kappa shape index (κ1) is 21.1. The van der Waals surface area contributed by atoms with E-state index in [9.17, 15) is 12.8 Å². The number of sulfonamides is 1. The van der Waals surface area contributed by atoms with E-state index in [2.05, 4.69) is 27.6 Å². The second-order valence-corrected chi connectivity index (χ2v) is 9.65. The number of hydrogen-bond donors (Lipinski definition) is 2. The van der Waals surface area contributed by atoms with E-state index in [0.717, 1.165) is 48.2 Å². The quantitative estimate of drug-likeness (QED) is 0.591. The van der Waals surface area contributed by atoms with E-state index >= 15 is 0 Å². The van der Waals surface area contributed by atoms with E-state index in [1.807, 2.05) is 18.2 Å². The van der Waals surface area contributed by atoms with Crippen LogP contribution in [0.4, 0.5) is 4.39 Å². The summed E-state index contributed by atoms with van der Waals surface area (Å²) in [7, 11) is -3.63. The van der Waals surface area contributed by atoms with Crippen molar-refractivity contribution in [2.75, 3.05) is 26.2 Å². The zero-order valence-electron chi connectivity index (χ0n) is 16.6. The van der Waals surface area contributed by atoms with Gasteiger partial charge < -0.3 is 4.98 Å². The van der Waals surface area contributed by atoms with Gasteiger partial charge in [-0.05, 0) is 61.4 Å². The zero-order valence-corrected chi connectivity index (χ0v) is 18.2. The Bertz CT molecular complexity index is 1200. The summed E-state index contributed by atoms with van der Waals surface area (Å²) in [6.45, 7) is 4.56. The predicted molar refractivity (Wildman–Crippen MR) is 119 cm³/mol. The lowest BCUT2D eigenvalue weighted by molar-refractivity contribution is 0.307. The molecule has 0 saturated carbocycles. The minimum atomic E-state index is -3.63. The number of hydrogen-bond acceptors (Lipinski definition) is 3. The number of aryl methyl sites for hydroxylation is 1. The van der Waals surface area contributed by atoms with Crippen LogP contribution in [0.25, 0.3) is 16.5 Å². The topological polar surface area (TPSA) is 65.2 Å². The molecule has 1 aliphatic heterocycles. The molecule has 3 aromatic rings. The second-order valence-electron chi connectivity index (χ2n) is 7.45. The first-order valence-electron chi connectivity index (χ1n) is 9.78. The number of rotatable bonds is 6. The zero-order chi connectivity index (χ0) is 21.3. The highest BCUT2D eigenvalue weighted by atomic mass is 35.5. The molecule has 0 amide bonds. The number of nitrogens with one attached hydrogen (secondary N) is 2. The highest BCUT2D eigenvalue weighted by molar-refractivity contribution is 7.89. The summed E-state index contributed by atoms with van der Waals surface area (Å²) in [6.07, 6.45) is 3.08. The van der Waals surface area contributed by atoms with Crippen LogP contribution in [-0.2, 0) is 10.0 Å². The Hall–Kier alpha value is -2.19. The molecule has 0 bridgehead atoms. The summed E-state index contributed by atoms with van der Waals surface area (Å²) in [4.78, 5) is 5.69. The molecule has 0 spiro atoms. The molecular formula is C22H23ClFN3O2S. The number of halogens is 2. The summed E-state index contributed by atoms with van der Waals surface area (Å²) < 4.78 is 40.2. The Balaban J connectivity index is 1.38. The molecule has 0 fully saturated rings. The summed E-state index contributed by atoms with van der Waals surface area (Å²) in [5.41, 5.74) is 4.69. The molecule has 158 valence electrons. The lowest BCUT2D eigenvalue weighted by Gasteiger charge is -2.26. The molecule has 0 unspecified atom stereocenters. The van der Waals surface area contributed by atoms with Gasteiger partial charge in [0.05, 0.1) is 4.90 Å². The van der Waals surface area contributed by atoms with Crippen LogP contribution in [0.5, 0.6) is 0 Å². The van der Waals surface area contributed by atoms with Gasteiger partial charge in [0.15, 0.2) is 0 Å². The molecule has 0 radical (unpaired) electrons. The molecule has 2 aromatic carbocycles. The summed E-state index contributed by atoms with van der Waals surface area (Å²) in [5, 5.41) is 1.85. The van der Waals surface area contributed by atoms with Crippen molar-refractivity contribution in [1.82, 2.24) is 14.6 Å². The van der Waals surface area contributed by atoms with Crippen LogP contribution in [-0.4, -0.2) is 44.5 Å². The van der Waals surface area contributed by atoms with Gasteiger partial charge in [0.1, 0.15) is 5.82 Å². The molecule has 30 heavy (non-hydrogen) atoms. The van der Waals surface area contributed by atoms with Gasteiger partial charge in [-0.1, -0.05) is 17.7 Å². The van der Waals surface area contributed by atoms with Gasteiger partial charge in [0, 0.05) is 53.4 Å². The molecule has 2 heterocycles. The maximum atomic E-state index is 13.0. The largest absolute Gasteiger partial charge is 0.358 e. The number of fused-ring (bicyclic) bond motifs is 1. The fourth-order valence-electron chi connectivity index (χ4n) is 3.89. The van der Waals surface area contributed by atoms with Crippen molar-refractivity contribution in [2.45, 2.75) is 18.2 Å². The van der Waals surface area contributed by atoms with Gasteiger partial charge in [-0.25, -0.2) is 17.5 Å². The van der Waals surface area contributed by atoms with Crippen molar-refractivity contribution >= 4 is 38.1 Å². The summed E-state index contributed by atoms with van der Waals surface area (Å²) >= 11 is 6.19. The van der Waals surface area contributed by atoms with Crippen molar-refractivity contribution in [3.05, 3.63) is 70.6 Å². The Morgan fingerprint density at radius 1 is 1.20 bits per heavy atom. The van der Waals surface area contributed by atoms with Crippen molar-refractivity contribution in [1.29, 1.82) is 0 Å². The molecular weight excluding hydrogens is 425 g/mol. The monoisotopic (exact) mass is 447 g/mol. The van der Waals surface area contributed by atoms with Gasteiger partial charge in [0.25, 0.3) is 0 Å². The van der Waals surface area contributed by atoms with Crippen LogP contribution < -0.4 is 4.72 Å². The molecule has 5 nitrogen and oxygen atoms in total. The third-order valence-corrected chi connectivity index (χ3v) is 7.12. The molecule has 4 rings (SSSR count). The Morgan fingerprint density at radius 3 is 2.67 bits per heavy atom. The van der Waals surface area contributed by atoms with E-state index in [1.165, 1.54) is 23.3 Å². The lowest BCUT2D eigenvalue weighted by Crippen LogP contribution is -2.37. The maximum Gasteiger partial charge on any atom is 0.240 e. The summed E-state index contributed by atoms with van der Waals surface area (Å²) in [5.74, 6) is -0.461. The fourth-order valence-corrected chi connectivity index (χ4v) is 5.08. The lowest BCUT2D eigenvalue weighted by atomic mass is 9.97. The molecule has 8 heteroatoms. The molecule has 1 aromatic heterocycles. The molecule has 0 atom stereocenters. The number of H-pyrrole nitrogens is 1. The Labute approximate surface area is 180 Å². The number of aromatic nitrogens is 1. The number of benzene rings is 2. The van der Waals surface area contributed by atoms with Crippen molar-refractivity contribution in [3.8, 4) is 0 Å². The van der Waals surface area contributed by atoms with Gasteiger partial charge >= 0.3 is 0 Å². The summed E-state index contributed by atoms with van der Waals surface area (Å²) in [6, 6.07) is 10.7. The van der Waals surface area contributed by atoms with E-state index in [1.54, 1.807) is 0 Å². The average Bonchev–Trinajstić information content (AvgIpc) is 3.04. The van der Waals surface area contributed by atoms with E-state index < -0.39 is 15.8 Å². The van der Waals surface area contributed by atoms with Crippen molar-refractivity contribution in [3.63, 3.8) is 0 Å². The highest BCUT2D eigenvalue weighted by Crippen LogP contribution is 2.33. The van der Waals surface area contributed by atoms with Crippen molar-refractivity contribution in [2.24, 2.45) is 0 Å². The molecule has 0 saturated heterocycles. The number of nitrogens with zero attached hydrogens (tertiary/aromatic N) is 1. The van der Waals surface area contributed by atoms with Crippen LogP contribution in [0.2, 0.25) is 5.02 Å².